The van der Waals surface area contributed by atoms with Gasteiger partial charge in [0, 0.05) is 29.0 Å². The van der Waals surface area contributed by atoms with Gasteiger partial charge < -0.3 is 4.90 Å². The van der Waals surface area contributed by atoms with Crippen LogP contribution in [0.5, 0.6) is 0 Å². The van der Waals surface area contributed by atoms with Gasteiger partial charge in [-0.3, -0.25) is 14.9 Å². The van der Waals surface area contributed by atoms with Crippen molar-refractivity contribution in [1.29, 1.82) is 0 Å². The average Bonchev–Trinajstić information content (AvgIpc) is 2.97. The molecule has 7 heteroatoms. The zero-order valence-corrected chi connectivity index (χ0v) is 13.8. The number of hydrogen-bond acceptors (Lipinski definition) is 3. The summed E-state index contributed by atoms with van der Waals surface area (Å²) >= 11 is 9.14. The molecule has 1 fully saturated rings. The molecule has 1 aliphatic rings. The van der Waals surface area contributed by atoms with E-state index in [1.54, 1.807) is 4.90 Å². The van der Waals surface area contributed by atoms with Gasteiger partial charge in [-0.1, -0.05) is 40.4 Å². The topological polar surface area (TPSA) is 63.4 Å². The summed E-state index contributed by atoms with van der Waals surface area (Å²) < 4.78 is 0. The Hall–Kier alpha value is -1.14. The largest absolute Gasteiger partial charge is 0.335 e. The van der Waals surface area contributed by atoms with Gasteiger partial charge in [-0.15, -0.1) is 0 Å². The second kappa shape index (κ2) is 7.22. The lowest BCUT2D eigenvalue weighted by Crippen LogP contribution is -2.40. The highest BCUT2D eigenvalue weighted by molar-refractivity contribution is 9.09. The summed E-state index contributed by atoms with van der Waals surface area (Å²) in [5.41, 5.74) is -0.123. The maximum absolute atomic E-state index is 12.7. The van der Waals surface area contributed by atoms with E-state index >= 15 is 0 Å². The molecule has 21 heavy (non-hydrogen) atoms. The summed E-state index contributed by atoms with van der Waals surface area (Å²) in [6.45, 7) is 0.545. The summed E-state index contributed by atoms with van der Waals surface area (Å²) in [5.74, 6) is -0.287. The number of nitrogens with zero attached hydrogens (tertiary/aromatic N) is 2. The third-order valence-electron chi connectivity index (χ3n) is 3.74. The zero-order valence-electron chi connectivity index (χ0n) is 11.4. The van der Waals surface area contributed by atoms with Crippen LogP contribution in [0, 0.1) is 10.1 Å². The van der Waals surface area contributed by atoms with Crippen molar-refractivity contribution < 1.29 is 9.72 Å². The van der Waals surface area contributed by atoms with Crippen LogP contribution in [-0.2, 0) is 0 Å². The smallest absolute Gasteiger partial charge is 0.283 e. The van der Waals surface area contributed by atoms with Crippen molar-refractivity contribution in [2.24, 2.45) is 0 Å². The number of carbonyl (C=O) groups excluding carboxylic acids is 1. The van der Waals surface area contributed by atoms with Gasteiger partial charge in [0.25, 0.3) is 11.6 Å². The first kappa shape index (κ1) is 16.2. The molecule has 0 spiro atoms. The van der Waals surface area contributed by atoms with E-state index in [1.807, 2.05) is 0 Å². The highest BCUT2D eigenvalue weighted by Crippen LogP contribution is 2.29. The molecule has 0 unspecified atom stereocenters. The molecule has 0 atom stereocenters. The summed E-state index contributed by atoms with van der Waals surface area (Å²) in [4.78, 5) is 25.1. The van der Waals surface area contributed by atoms with Crippen LogP contribution in [0.1, 0.15) is 36.0 Å². The lowest BCUT2D eigenvalue weighted by atomic mass is 10.1. The van der Waals surface area contributed by atoms with Crippen LogP contribution < -0.4 is 0 Å². The third-order valence-corrected chi connectivity index (χ3v) is 4.33. The maximum atomic E-state index is 12.7. The van der Waals surface area contributed by atoms with Crippen LogP contribution in [0.3, 0.4) is 0 Å². The van der Waals surface area contributed by atoms with Gasteiger partial charge in [0.05, 0.1) is 4.92 Å². The monoisotopic (exact) mass is 374 g/mol. The maximum Gasteiger partial charge on any atom is 0.283 e. The number of benzene rings is 1. The number of hydrogen-bond donors (Lipinski definition) is 0. The van der Waals surface area contributed by atoms with Gasteiger partial charge >= 0.3 is 0 Å². The fraction of sp³-hybridized carbons (Fsp3) is 0.500. The number of alkyl halides is 1. The van der Waals surface area contributed by atoms with Gasteiger partial charge in [0.2, 0.25) is 0 Å². The normalized spacial score (nSPS) is 15.1. The van der Waals surface area contributed by atoms with E-state index in [-0.39, 0.29) is 28.2 Å². The first-order chi connectivity index (χ1) is 10.0. The molecule has 1 amide bonds. The van der Waals surface area contributed by atoms with E-state index in [9.17, 15) is 14.9 Å². The number of nitro groups is 1. The summed E-state index contributed by atoms with van der Waals surface area (Å²) in [7, 11) is 0. The fourth-order valence-corrected chi connectivity index (χ4v) is 3.30. The SMILES string of the molecule is O=C(c1ccc(Cl)cc1[N+](=O)[O-])N(CCBr)C1CCCC1. The van der Waals surface area contributed by atoms with Crippen molar-refractivity contribution in [1.82, 2.24) is 4.90 Å². The summed E-state index contributed by atoms with van der Waals surface area (Å²) in [6.07, 6.45) is 4.11. The highest BCUT2D eigenvalue weighted by atomic mass is 79.9. The van der Waals surface area contributed by atoms with E-state index in [0.717, 1.165) is 25.7 Å². The molecule has 1 aromatic carbocycles. The zero-order chi connectivity index (χ0) is 15.4. The van der Waals surface area contributed by atoms with Crippen molar-refractivity contribution in [2.45, 2.75) is 31.7 Å². The molecule has 114 valence electrons. The molecule has 0 aliphatic heterocycles. The Morgan fingerprint density at radius 3 is 2.67 bits per heavy atom. The fourth-order valence-electron chi connectivity index (χ4n) is 2.75. The Morgan fingerprint density at radius 1 is 1.43 bits per heavy atom. The first-order valence-corrected chi connectivity index (χ1v) is 8.35. The van der Waals surface area contributed by atoms with Crippen LogP contribution in [0.25, 0.3) is 0 Å². The van der Waals surface area contributed by atoms with Gasteiger partial charge in [-0.05, 0) is 25.0 Å². The van der Waals surface area contributed by atoms with Crippen molar-refractivity contribution in [2.75, 3.05) is 11.9 Å². The molecule has 1 aliphatic carbocycles. The van der Waals surface area contributed by atoms with Gasteiger partial charge in [0.1, 0.15) is 5.56 Å². The minimum absolute atomic E-state index is 0.109. The van der Waals surface area contributed by atoms with E-state index in [0.29, 0.717) is 11.9 Å². The Balaban J connectivity index is 2.34. The van der Waals surface area contributed by atoms with Gasteiger partial charge in [-0.25, -0.2) is 0 Å². The minimum Gasteiger partial charge on any atom is -0.335 e. The Bertz CT molecular complexity index is 547. The van der Waals surface area contributed by atoms with E-state index in [4.69, 9.17) is 11.6 Å². The minimum atomic E-state index is -0.555. The molecular formula is C14H16BrClN2O3. The van der Waals surface area contributed by atoms with Crippen molar-refractivity contribution in [3.8, 4) is 0 Å². The predicted molar refractivity (Wildman–Crippen MR) is 85.2 cm³/mol. The number of halogens is 2. The lowest BCUT2D eigenvalue weighted by Gasteiger charge is -2.28. The Morgan fingerprint density at radius 2 is 2.10 bits per heavy atom. The van der Waals surface area contributed by atoms with E-state index in [2.05, 4.69) is 15.9 Å². The Kier molecular flexibility index (Phi) is 5.58. The first-order valence-electron chi connectivity index (χ1n) is 6.85. The standard InChI is InChI=1S/C14H16BrClN2O3/c15-7-8-17(11-3-1-2-4-11)14(19)12-6-5-10(16)9-13(12)18(20)21/h5-6,9,11H,1-4,7-8H2. The van der Waals surface area contributed by atoms with E-state index < -0.39 is 4.92 Å². The van der Waals surface area contributed by atoms with Crippen LogP contribution >= 0.6 is 27.5 Å². The predicted octanol–water partition coefficient (Wildman–Crippen LogP) is 4.03. The summed E-state index contributed by atoms with van der Waals surface area (Å²) in [6, 6.07) is 4.36. The molecular weight excluding hydrogens is 360 g/mol. The molecule has 0 saturated heterocycles. The van der Waals surface area contributed by atoms with Crippen LogP contribution in [-0.4, -0.2) is 33.6 Å². The summed E-state index contributed by atoms with van der Waals surface area (Å²) in [5, 5.41) is 12.1. The van der Waals surface area contributed by atoms with Crippen LogP contribution in [0.2, 0.25) is 5.02 Å². The van der Waals surface area contributed by atoms with Crippen molar-refractivity contribution in [3.63, 3.8) is 0 Å². The molecule has 5 nitrogen and oxygen atoms in total. The molecule has 0 bridgehead atoms. The lowest BCUT2D eigenvalue weighted by molar-refractivity contribution is -0.385. The number of amides is 1. The Labute approximate surface area is 136 Å². The van der Waals surface area contributed by atoms with Crippen molar-refractivity contribution in [3.05, 3.63) is 38.9 Å². The average molecular weight is 376 g/mol. The van der Waals surface area contributed by atoms with Crippen LogP contribution in [0.15, 0.2) is 18.2 Å². The van der Waals surface area contributed by atoms with Gasteiger partial charge in [-0.2, -0.15) is 0 Å². The quantitative estimate of drug-likeness (QED) is 0.443. The molecule has 0 N–H and O–H groups in total. The number of rotatable bonds is 5. The second-order valence-electron chi connectivity index (χ2n) is 5.04. The molecule has 0 heterocycles. The van der Waals surface area contributed by atoms with Crippen molar-refractivity contribution >= 4 is 39.1 Å². The van der Waals surface area contributed by atoms with Gasteiger partial charge in [0.15, 0.2) is 0 Å². The third kappa shape index (κ3) is 3.74. The molecule has 1 aromatic rings. The molecule has 2 rings (SSSR count). The molecule has 0 aromatic heterocycles. The highest BCUT2D eigenvalue weighted by Gasteiger charge is 2.30. The number of carbonyl (C=O) groups is 1. The second-order valence-corrected chi connectivity index (χ2v) is 6.27. The van der Waals surface area contributed by atoms with Crippen LogP contribution in [0.4, 0.5) is 5.69 Å². The molecule has 1 saturated carbocycles. The molecule has 0 radical (unpaired) electrons. The number of nitro benzene ring substituents is 1. The van der Waals surface area contributed by atoms with E-state index in [1.165, 1.54) is 18.2 Å².